The van der Waals surface area contributed by atoms with Crippen LogP contribution >= 0.6 is 11.3 Å². The summed E-state index contributed by atoms with van der Waals surface area (Å²) in [5.41, 5.74) is 1.28. The van der Waals surface area contributed by atoms with Gasteiger partial charge in [0.15, 0.2) is 0 Å². The second-order valence-electron chi connectivity index (χ2n) is 5.79. The Balaban J connectivity index is 1.78. The number of likely N-dealkylation sites (N-methyl/N-ethyl adjacent to an activating group) is 1. The monoisotopic (exact) mass is 367 g/mol. The van der Waals surface area contributed by atoms with Crippen molar-refractivity contribution in [3.63, 3.8) is 0 Å². The first kappa shape index (κ1) is 17.8. The van der Waals surface area contributed by atoms with Crippen LogP contribution in [-0.4, -0.2) is 27.8 Å². The van der Waals surface area contributed by atoms with E-state index in [1.807, 2.05) is 31.2 Å². The predicted molar refractivity (Wildman–Crippen MR) is 103 cm³/mol. The number of rotatable bonds is 5. The highest BCUT2D eigenvalue weighted by Crippen LogP contribution is 2.29. The van der Waals surface area contributed by atoms with E-state index in [9.17, 15) is 14.9 Å². The number of benzene rings is 2. The van der Waals surface area contributed by atoms with Crippen LogP contribution in [-0.2, 0) is 4.79 Å². The van der Waals surface area contributed by atoms with Crippen LogP contribution < -0.4 is 0 Å². The molecule has 0 aliphatic carbocycles. The number of fused-ring (bicyclic) bond motifs is 1. The Bertz CT molecular complexity index is 963. The number of nitrogens with zero attached hydrogens (tertiary/aromatic N) is 3. The summed E-state index contributed by atoms with van der Waals surface area (Å²) in [6.45, 7) is 1.91. The van der Waals surface area contributed by atoms with Crippen molar-refractivity contribution in [2.24, 2.45) is 0 Å². The molecule has 0 saturated carbocycles. The number of amides is 1. The van der Waals surface area contributed by atoms with Gasteiger partial charge in [-0.05, 0) is 31.2 Å². The number of nitro groups is 1. The van der Waals surface area contributed by atoms with Crippen molar-refractivity contribution in [2.45, 2.75) is 13.0 Å². The zero-order chi connectivity index (χ0) is 18.7. The standard InChI is InChI=1S/C19H17N3O3S/c1-13(19-20-15-8-4-6-10-17(15)26-19)21(2)18(23)12-11-14-7-3-5-9-16(14)22(24)25/h3-13H,1-2H3/b12-11+/t13-/m1/s1. The molecule has 0 radical (unpaired) electrons. The van der Waals surface area contributed by atoms with Gasteiger partial charge in [0.1, 0.15) is 5.01 Å². The Hall–Kier alpha value is -3.06. The van der Waals surface area contributed by atoms with Crippen molar-refractivity contribution in [2.75, 3.05) is 7.05 Å². The van der Waals surface area contributed by atoms with Crippen LogP contribution in [0.4, 0.5) is 5.69 Å². The summed E-state index contributed by atoms with van der Waals surface area (Å²) in [5, 5.41) is 11.9. The number of aromatic nitrogens is 1. The third-order valence-electron chi connectivity index (χ3n) is 4.14. The molecular weight excluding hydrogens is 350 g/mol. The maximum atomic E-state index is 12.5. The molecule has 3 rings (SSSR count). The van der Waals surface area contributed by atoms with Gasteiger partial charge in [0.05, 0.1) is 26.7 Å². The molecule has 2 aromatic carbocycles. The van der Waals surface area contributed by atoms with Gasteiger partial charge in [-0.3, -0.25) is 14.9 Å². The summed E-state index contributed by atoms with van der Waals surface area (Å²) in [6.07, 6.45) is 2.83. The summed E-state index contributed by atoms with van der Waals surface area (Å²) in [5.74, 6) is -0.241. The Kier molecular flexibility index (Phi) is 5.09. The fourth-order valence-electron chi connectivity index (χ4n) is 2.50. The maximum Gasteiger partial charge on any atom is 0.276 e. The van der Waals surface area contributed by atoms with Crippen LogP contribution in [0.5, 0.6) is 0 Å². The predicted octanol–water partition coefficient (Wildman–Crippen LogP) is 4.44. The van der Waals surface area contributed by atoms with Gasteiger partial charge in [0.25, 0.3) is 5.69 Å². The van der Waals surface area contributed by atoms with Crippen molar-refractivity contribution >= 4 is 39.2 Å². The van der Waals surface area contributed by atoms with Crippen LogP contribution in [0.1, 0.15) is 23.5 Å². The van der Waals surface area contributed by atoms with E-state index in [2.05, 4.69) is 4.98 Å². The van der Waals surface area contributed by atoms with Crippen molar-refractivity contribution in [1.82, 2.24) is 9.88 Å². The Morgan fingerprint density at radius 2 is 1.92 bits per heavy atom. The molecule has 0 spiro atoms. The van der Waals surface area contributed by atoms with Crippen LogP contribution in [0, 0.1) is 10.1 Å². The molecule has 7 heteroatoms. The number of para-hydroxylation sites is 2. The first-order chi connectivity index (χ1) is 12.5. The number of hydrogen-bond acceptors (Lipinski definition) is 5. The van der Waals surface area contributed by atoms with Crippen LogP contribution in [0.3, 0.4) is 0 Å². The van der Waals surface area contributed by atoms with Crippen LogP contribution in [0.25, 0.3) is 16.3 Å². The number of carbonyl (C=O) groups is 1. The molecule has 1 amide bonds. The number of nitro benzene ring substituents is 1. The van der Waals surface area contributed by atoms with E-state index >= 15 is 0 Å². The molecule has 26 heavy (non-hydrogen) atoms. The second-order valence-corrected chi connectivity index (χ2v) is 6.86. The largest absolute Gasteiger partial charge is 0.333 e. The minimum Gasteiger partial charge on any atom is -0.333 e. The smallest absolute Gasteiger partial charge is 0.276 e. The van der Waals surface area contributed by atoms with Crippen molar-refractivity contribution in [3.05, 3.63) is 75.3 Å². The lowest BCUT2D eigenvalue weighted by Gasteiger charge is -2.21. The van der Waals surface area contributed by atoms with Gasteiger partial charge in [-0.25, -0.2) is 4.98 Å². The molecule has 0 unspecified atom stereocenters. The first-order valence-corrected chi connectivity index (χ1v) is 8.83. The highest BCUT2D eigenvalue weighted by Gasteiger charge is 2.19. The van der Waals surface area contributed by atoms with Crippen LogP contribution in [0.15, 0.2) is 54.6 Å². The summed E-state index contributed by atoms with van der Waals surface area (Å²) in [7, 11) is 1.70. The summed E-state index contributed by atoms with van der Waals surface area (Å²) >= 11 is 1.55. The quantitative estimate of drug-likeness (QED) is 0.379. The molecule has 0 fully saturated rings. The topological polar surface area (TPSA) is 76.3 Å². The lowest BCUT2D eigenvalue weighted by atomic mass is 10.1. The van der Waals surface area contributed by atoms with Gasteiger partial charge in [0, 0.05) is 19.2 Å². The Morgan fingerprint density at radius 3 is 2.65 bits per heavy atom. The van der Waals surface area contributed by atoms with Gasteiger partial charge in [0.2, 0.25) is 5.91 Å². The third kappa shape index (κ3) is 3.62. The van der Waals surface area contributed by atoms with Crippen molar-refractivity contribution < 1.29 is 9.72 Å². The Morgan fingerprint density at radius 1 is 1.23 bits per heavy atom. The highest BCUT2D eigenvalue weighted by molar-refractivity contribution is 7.18. The van der Waals surface area contributed by atoms with Gasteiger partial charge in [-0.15, -0.1) is 11.3 Å². The zero-order valence-electron chi connectivity index (χ0n) is 14.3. The van der Waals surface area contributed by atoms with E-state index in [0.717, 1.165) is 15.2 Å². The van der Waals surface area contributed by atoms with Crippen LogP contribution in [0.2, 0.25) is 0 Å². The first-order valence-electron chi connectivity index (χ1n) is 8.01. The number of carbonyl (C=O) groups excluding carboxylic acids is 1. The number of hydrogen-bond donors (Lipinski definition) is 0. The molecule has 1 aromatic heterocycles. The van der Waals surface area contributed by atoms with Crippen molar-refractivity contribution in [3.8, 4) is 0 Å². The molecule has 0 bridgehead atoms. The lowest BCUT2D eigenvalue weighted by molar-refractivity contribution is -0.385. The second kappa shape index (κ2) is 7.45. The molecule has 1 atom stereocenters. The van der Waals surface area contributed by atoms with Crippen molar-refractivity contribution in [1.29, 1.82) is 0 Å². The van der Waals surface area contributed by atoms with E-state index < -0.39 is 4.92 Å². The van der Waals surface area contributed by atoms with Gasteiger partial charge in [-0.2, -0.15) is 0 Å². The normalized spacial score (nSPS) is 12.4. The molecule has 132 valence electrons. The zero-order valence-corrected chi connectivity index (χ0v) is 15.1. The summed E-state index contributed by atoms with van der Waals surface area (Å²) in [4.78, 5) is 29.2. The van der Waals surface area contributed by atoms with E-state index in [-0.39, 0.29) is 17.6 Å². The van der Waals surface area contributed by atoms with E-state index in [1.165, 1.54) is 18.2 Å². The molecule has 0 N–H and O–H groups in total. The Labute approximate surface area is 154 Å². The van der Waals surface area contributed by atoms with E-state index in [0.29, 0.717) is 5.56 Å². The van der Waals surface area contributed by atoms with Gasteiger partial charge < -0.3 is 4.90 Å². The summed E-state index contributed by atoms with van der Waals surface area (Å²) in [6, 6.07) is 14.0. The fraction of sp³-hybridized carbons (Fsp3) is 0.158. The van der Waals surface area contributed by atoms with Gasteiger partial charge >= 0.3 is 0 Å². The average molecular weight is 367 g/mol. The molecule has 1 heterocycles. The fourth-order valence-corrected chi connectivity index (χ4v) is 3.56. The lowest BCUT2D eigenvalue weighted by Crippen LogP contribution is -2.27. The molecule has 6 nitrogen and oxygen atoms in total. The minimum atomic E-state index is -0.461. The molecule has 0 aliphatic rings. The third-order valence-corrected chi connectivity index (χ3v) is 5.34. The molecule has 0 aliphatic heterocycles. The SMILES string of the molecule is C[C@H](c1nc2ccccc2s1)N(C)C(=O)/C=C/c1ccccc1[N+](=O)[O-]. The average Bonchev–Trinajstić information content (AvgIpc) is 3.09. The molecule has 3 aromatic rings. The van der Waals surface area contributed by atoms with E-state index in [1.54, 1.807) is 41.5 Å². The molecular formula is C19H17N3O3S. The number of thiazole rings is 1. The van der Waals surface area contributed by atoms with E-state index in [4.69, 9.17) is 0 Å². The highest BCUT2D eigenvalue weighted by atomic mass is 32.1. The summed E-state index contributed by atoms with van der Waals surface area (Å²) < 4.78 is 1.07. The van der Waals surface area contributed by atoms with Gasteiger partial charge in [-0.1, -0.05) is 24.3 Å². The minimum absolute atomic E-state index is 0.0292. The maximum absolute atomic E-state index is 12.5. The molecule has 0 saturated heterocycles.